The van der Waals surface area contributed by atoms with E-state index in [0.29, 0.717) is 0 Å². The van der Waals surface area contributed by atoms with Crippen LogP contribution in [0.1, 0.15) is 5.56 Å². The van der Waals surface area contributed by atoms with E-state index in [1.807, 2.05) is 0 Å². The normalized spacial score (nSPS) is 11.2. The summed E-state index contributed by atoms with van der Waals surface area (Å²) in [4.78, 5) is 0.133. The van der Waals surface area contributed by atoms with Crippen LogP contribution >= 0.6 is 11.8 Å². The third-order valence-electron chi connectivity index (χ3n) is 1.53. The lowest BCUT2D eigenvalue weighted by atomic mass is 10.2. The zero-order valence-corrected chi connectivity index (χ0v) is 8.27. The first kappa shape index (κ1) is 10.2. The van der Waals surface area contributed by atoms with Gasteiger partial charge in [-0.05, 0) is 29.5 Å². The maximum absolute atomic E-state index is 11.1. The molecular formula is C8H8ClNO2S. The topological polar surface area (TPSA) is 46.2 Å². The van der Waals surface area contributed by atoms with Crippen molar-refractivity contribution in [3.8, 4) is 0 Å². The molecule has 0 amide bonds. The molecule has 0 saturated heterocycles. The van der Waals surface area contributed by atoms with Crippen LogP contribution in [0.15, 0.2) is 35.7 Å². The molecule has 0 saturated carbocycles. The third kappa shape index (κ3) is 2.30. The van der Waals surface area contributed by atoms with E-state index >= 15 is 0 Å². The van der Waals surface area contributed by atoms with Gasteiger partial charge in [0, 0.05) is 0 Å². The Morgan fingerprint density at radius 1 is 1.31 bits per heavy atom. The molecule has 0 aliphatic rings. The van der Waals surface area contributed by atoms with E-state index in [0.717, 1.165) is 5.56 Å². The summed E-state index contributed by atoms with van der Waals surface area (Å²) in [5, 5.41) is 0. The lowest BCUT2D eigenvalue weighted by molar-refractivity contribution is 0.594. The van der Waals surface area contributed by atoms with Crippen molar-refractivity contribution in [3.05, 3.63) is 36.4 Å². The van der Waals surface area contributed by atoms with Gasteiger partial charge in [0.05, 0.1) is 4.90 Å². The number of sulfonamides is 1. The predicted octanol–water partition coefficient (Wildman–Crippen LogP) is 1.76. The van der Waals surface area contributed by atoms with Crippen LogP contribution in [0.2, 0.25) is 0 Å². The Labute approximate surface area is 82.2 Å². The van der Waals surface area contributed by atoms with E-state index in [4.69, 9.17) is 11.8 Å². The van der Waals surface area contributed by atoms with Crippen LogP contribution < -0.4 is 4.24 Å². The van der Waals surface area contributed by atoms with Gasteiger partial charge in [-0.3, -0.25) is 0 Å². The van der Waals surface area contributed by atoms with Crippen LogP contribution in [-0.4, -0.2) is 8.42 Å². The monoisotopic (exact) mass is 217 g/mol. The molecule has 0 aliphatic carbocycles. The molecule has 0 aliphatic heterocycles. The zero-order valence-electron chi connectivity index (χ0n) is 6.70. The Kier molecular flexibility index (Phi) is 3.08. The fourth-order valence-electron chi connectivity index (χ4n) is 0.828. The summed E-state index contributed by atoms with van der Waals surface area (Å²) in [7, 11) is -3.54. The van der Waals surface area contributed by atoms with Crippen molar-refractivity contribution in [2.24, 2.45) is 0 Å². The fourth-order valence-corrected chi connectivity index (χ4v) is 1.68. The standard InChI is InChI=1S/C8H8ClNO2S/c1-2-7-3-5-8(6-4-7)13(11,12)10-9/h2-6,10H,1H2. The van der Waals surface area contributed by atoms with Gasteiger partial charge in [0.2, 0.25) is 0 Å². The first-order valence-electron chi connectivity index (χ1n) is 3.45. The van der Waals surface area contributed by atoms with Crippen LogP contribution in [0.5, 0.6) is 0 Å². The summed E-state index contributed by atoms with van der Waals surface area (Å²) in [6.45, 7) is 3.55. The SMILES string of the molecule is C=Cc1ccc(S(=O)(=O)NCl)cc1. The van der Waals surface area contributed by atoms with Gasteiger partial charge in [0.25, 0.3) is 10.0 Å². The number of hydrogen-bond acceptors (Lipinski definition) is 2. The van der Waals surface area contributed by atoms with Gasteiger partial charge in [-0.25, -0.2) is 8.42 Å². The molecule has 0 atom stereocenters. The van der Waals surface area contributed by atoms with Gasteiger partial charge in [-0.2, -0.15) is 0 Å². The fraction of sp³-hybridized carbons (Fsp3) is 0. The molecule has 1 rings (SSSR count). The average molecular weight is 218 g/mol. The van der Waals surface area contributed by atoms with Gasteiger partial charge in [-0.1, -0.05) is 24.8 Å². The number of hydrogen-bond donors (Lipinski definition) is 1. The molecule has 70 valence electrons. The molecule has 1 aromatic rings. The van der Waals surface area contributed by atoms with Crippen molar-refractivity contribution >= 4 is 27.9 Å². The second-order valence-corrected chi connectivity index (χ2v) is 4.45. The minimum absolute atomic E-state index is 0.133. The molecule has 0 unspecified atom stereocenters. The number of rotatable bonds is 3. The Hall–Kier alpha value is -0.840. The summed E-state index contributed by atoms with van der Waals surface area (Å²) in [6, 6.07) is 6.21. The van der Waals surface area contributed by atoms with Crippen molar-refractivity contribution in [2.45, 2.75) is 4.90 Å². The second kappa shape index (κ2) is 3.91. The Bertz CT molecular complexity index is 397. The summed E-state index contributed by atoms with van der Waals surface area (Å²) in [6.07, 6.45) is 1.63. The van der Waals surface area contributed by atoms with Crippen LogP contribution in [0.25, 0.3) is 6.08 Å². The van der Waals surface area contributed by atoms with E-state index < -0.39 is 10.0 Å². The van der Waals surface area contributed by atoms with Crippen LogP contribution in [0.4, 0.5) is 0 Å². The smallest absolute Gasteiger partial charge is 0.206 e. The number of nitrogens with one attached hydrogen (secondary N) is 1. The quantitative estimate of drug-likeness (QED) is 0.785. The highest BCUT2D eigenvalue weighted by Gasteiger charge is 2.10. The molecule has 5 heteroatoms. The second-order valence-electron chi connectivity index (χ2n) is 2.35. The highest BCUT2D eigenvalue weighted by Crippen LogP contribution is 2.11. The Morgan fingerprint density at radius 2 is 1.85 bits per heavy atom. The maximum atomic E-state index is 11.1. The molecule has 0 aromatic heterocycles. The summed E-state index contributed by atoms with van der Waals surface area (Å²) < 4.78 is 24.0. The largest absolute Gasteiger partial charge is 0.253 e. The Morgan fingerprint density at radius 3 is 2.23 bits per heavy atom. The maximum Gasteiger partial charge on any atom is 0.253 e. The number of halogens is 1. The van der Waals surface area contributed by atoms with Crippen molar-refractivity contribution in [1.82, 2.24) is 4.24 Å². The molecule has 3 nitrogen and oxygen atoms in total. The summed E-state index contributed by atoms with van der Waals surface area (Å²) >= 11 is 5.04. The highest BCUT2D eigenvalue weighted by atomic mass is 35.5. The minimum Gasteiger partial charge on any atom is -0.206 e. The van der Waals surface area contributed by atoms with Gasteiger partial charge in [0.1, 0.15) is 0 Å². The molecule has 1 N–H and O–H groups in total. The lowest BCUT2D eigenvalue weighted by Crippen LogP contribution is -2.13. The van der Waals surface area contributed by atoms with Gasteiger partial charge in [0.15, 0.2) is 0 Å². The molecule has 0 spiro atoms. The molecular weight excluding hydrogens is 210 g/mol. The van der Waals surface area contributed by atoms with Gasteiger partial charge < -0.3 is 0 Å². The van der Waals surface area contributed by atoms with E-state index in [2.05, 4.69) is 6.58 Å². The molecule has 13 heavy (non-hydrogen) atoms. The first-order chi connectivity index (χ1) is 6.10. The van der Waals surface area contributed by atoms with E-state index in [1.54, 1.807) is 22.4 Å². The summed E-state index contributed by atoms with van der Waals surface area (Å²) in [5.74, 6) is 0. The van der Waals surface area contributed by atoms with Crippen molar-refractivity contribution < 1.29 is 8.42 Å². The van der Waals surface area contributed by atoms with Crippen LogP contribution in [-0.2, 0) is 10.0 Å². The van der Waals surface area contributed by atoms with Crippen molar-refractivity contribution in [3.63, 3.8) is 0 Å². The highest BCUT2D eigenvalue weighted by molar-refractivity contribution is 7.90. The first-order valence-corrected chi connectivity index (χ1v) is 5.31. The van der Waals surface area contributed by atoms with E-state index in [9.17, 15) is 8.42 Å². The predicted molar refractivity (Wildman–Crippen MR) is 52.7 cm³/mol. The molecule has 0 heterocycles. The molecule has 0 fully saturated rings. The van der Waals surface area contributed by atoms with Crippen molar-refractivity contribution in [1.29, 1.82) is 0 Å². The molecule has 0 bridgehead atoms. The van der Waals surface area contributed by atoms with Crippen LogP contribution in [0.3, 0.4) is 0 Å². The lowest BCUT2D eigenvalue weighted by Gasteiger charge is -2.00. The molecule has 1 aromatic carbocycles. The minimum atomic E-state index is -3.54. The van der Waals surface area contributed by atoms with E-state index in [1.165, 1.54) is 12.1 Å². The average Bonchev–Trinajstić information content (AvgIpc) is 2.18. The van der Waals surface area contributed by atoms with Crippen molar-refractivity contribution in [2.75, 3.05) is 0 Å². The summed E-state index contributed by atoms with van der Waals surface area (Å²) in [5.41, 5.74) is 0.855. The van der Waals surface area contributed by atoms with E-state index in [-0.39, 0.29) is 4.90 Å². The van der Waals surface area contributed by atoms with Gasteiger partial charge >= 0.3 is 0 Å². The Balaban J connectivity index is 3.13. The third-order valence-corrected chi connectivity index (χ3v) is 3.23. The van der Waals surface area contributed by atoms with Crippen LogP contribution in [0, 0.1) is 0 Å². The molecule has 0 radical (unpaired) electrons. The van der Waals surface area contributed by atoms with Gasteiger partial charge in [-0.15, -0.1) is 4.24 Å². The number of benzene rings is 1. The zero-order chi connectivity index (χ0) is 9.90.